The first-order chi connectivity index (χ1) is 7.66. The molecule has 0 aromatic carbocycles. The summed E-state index contributed by atoms with van der Waals surface area (Å²) in [6.45, 7) is 1.06. The molecule has 1 unspecified atom stereocenters. The lowest BCUT2D eigenvalue weighted by molar-refractivity contribution is -0.128. The summed E-state index contributed by atoms with van der Waals surface area (Å²) in [4.78, 5) is 24.2. The number of primary amides is 1. The highest BCUT2D eigenvalue weighted by atomic mass is 16.3. The van der Waals surface area contributed by atoms with Crippen molar-refractivity contribution in [3.05, 3.63) is 24.2 Å². The highest BCUT2D eigenvalue weighted by molar-refractivity contribution is 5.88. The van der Waals surface area contributed by atoms with E-state index in [-0.39, 0.29) is 24.2 Å². The quantitative estimate of drug-likeness (QED) is 0.788. The van der Waals surface area contributed by atoms with Crippen molar-refractivity contribution in [2.45, 2.75) is 12.8 Å². The van der Waals surface area contributed by atoms with Gasteiger partial charge in [0.1, 0.15) is 0 Å². The van der Waals surface area contributed by atoms with Crippen molar-refractivity contribution in [3.8, 4) is 0 Å². The van der Waals surface area contributed by atoms with Crippen LogP contribution in [-0.2, 0) is 16.0 Å². The molecule has 1 aliphatic heterocycles. The van der Waals surface area contributed by atoms with Crippen molar-refractivity contribution < 1.29 is 14.0 Å². The van der Waals surface area contributed by atoms with Crippen LogP contribution in [0.3, 0.4) is 0 Å². The van der Waals surface area contributed by atoms with Gasteiger partial charge in [0.15, 0.2) is 0 Å². The van der Waals surface area contributed by atoms with Gasteiger partial charge in [0, 0.05) is 19.5 Å². The first-order valence-electron chi connectivity index (χ1n) is 5.25. The van der Waals surface area contributed by atoms with E-state index in [4.69, 9.17) is 10.2 Å². The van der Waals surface area contributed by atoms with Crippen LogP contribution >= 0.6 is 0 Å². The molecule has 1 aliphatic rings. The first-order valence-corrected chi connectivity index (χ1v) is 5.25. The van der Waals surface area contributed by atoms with Crippen LogP contribution in [0.2, 0.25) is 0 Å². The number of rotatable bonds is 4. The van der Waals surface area contributed by atoms with Crippen molar-refractivity contribution in [1.82, 2.24) is 4.90 Å². The lowest BCUT2D eigenvalue weighted by atomic mass is 10.1. The molecular weight excluding hydrogens is 208 g/mol. The van der Waals surface area contributed by atoms with Crippen LogP contribution in [0.25, 0.3) is 0 Å². The standard InChI is InChI=1S/C11H14N2O3/c12-11(15)9-5-10(14)13(6-9)3-1-8-2-4-16-7-8/h2,4,7,9H,1,3,5-6H2,(H2,12,15). The molecule has 5 heteroatoms. The molecule has 16 heavy (non-hydrogen) atoms. The molecule has 1 aromatic rings. The van der Waals surface area contributed by atoms with Gasteiger partial charge in [0.05, 0.1) is 18.4 Å². The number of hydrogen-bond acceptors (Lipinski definition) is 3. The molecule has 2 heterocycles. The van der Waals surface area contributed by atoms with Gasteiger partial charge < -0.3 is 15.1 Å². The Kier molecular flexibility index (Phi) is 2.94. The third-order valence-electron chi connectivity index (χ3n) is 2.87. The Balaban J connectivity index is 1.87. The topological polar surface area (TPSA) is 76.5 Å². The zero-order valence-electron chi connectivity index (χ0n) is 8.89. The molecule has 0 radical (unpaired) electrons. The summed E-state index contributed by atoms with van der Waals surface area (Å²) in [7, 11) is 0. The molecule has 0 aliphatic carbocycles. The summed E-state index contributed by atoms with van der Waals surface area (Å²) in [6, 6.07) is 1.87. The number of hydrogen-bond donors (Lipinski definition) is 1. The number of amides is 2. The van der Waals surface area contributed by atoms with Crippen molar-refractivity contribution in [2.24, 2.45) is 11.7 Å². The fraction of sp³-hybridized carbons (Fsp3) is 0.455. The van der Waals surface area contributed by atoms with E-state index in [1.165, 1.54) is 0 Å². The zero-order valence-corrected chi connectivity index (χ0v) is 8.89. The lowest BCUT2D eigenvalue weighted by Gasteiger charge is -2.15. The van der Waals surface area contributed by atoms with E-state index in [0.29, 0.717) is 13.1 Å². The van der Waals surface area contributed by atoms with Crippen LogP contribution in [-0.4, -0.2) is 29.8 Å². The van der Waals surface area contributed by atoms with E-state index in [1.807, 2.05) is 6.07 Å². The fourth-order valence-electron chi connectivity index (χ4n) is 1.88. The minimum absolute atomic E-state index is 0.00675. The van der Waals surface area contributed by atoms with Crippen molar-refractivity contribution >= 4 is 11.8 Å². The molecule has 2 N–H and O–H groups in total. The maximum atomic E-state index is 11.5. The number of carbonyl (C=O) groups excluding carboxylic acids is 2. The Morgan fingerprint density at radius 1 is 1.62 bits per heavy atom. The monoisotopic (exact) mass is 222 g/mol. The number of furan rings is 1. The van der Waals surface area contributed by atoms with Crippen LogP contribution in [0.5, 0.6) is 0 Å². The van der Waals surface area contributed by atoms with Gasteiger partial charge in [-0.15, -0.1) is 0 Å². The summed E-state index contributed by atoms with van der Waals surface area (Å²) < 4.78 is 4.94. The second-order valence-corrected chi connectivity index (χ2v) is 4.02. The molecule has 0 spiro atoms. The molecule has 0 saturated carbocycles. The second kappa shape index (κ2) is 4.38. The zero-order chi connectivity index (χ0) is 11.5. The average Bonchev–Trinajstić information content (AvgIpc) is 2.84. The first kappa shape index (κ1) is 10.7. The maximum absolute atomic E-state index is 11.5. The van der Waals surface area contributed by atoms with E-state index in [0.717, 1.165) is 12.0 Å². The third-order valence-corrected chi connectivity index (χ3v) is 2.87. The maximum Gasteiger partial charge on any atom is 0.223 e. The molecule has 5 nitrogen and oxygen atoms in total. The smallest absolute Gasteiger partial charge is 0.223 e. The van der Waals surface area contributed by atoms with Gasteiger partial charge in [-0.1, -0.05) is 0 Å². The second-order valence-electron chi connectivity index (χ2n) is 4.02. The summed E-state index contributed by atoms with van der Waals surface area (Å²) in [5.74, 6) is -0.705. The van der Waals surface area contributed by atoms with Crippen LogP contribution in [0.15, 0.2) is 23.0 Å². The number of carbonyl (C=O) groups is 2. The largest absolute Gasteiger partial charge is 0.472 e. The molecule has 1 saturated heterocycles. The van der Waals surface area contributed by atoms with Gasteiger partial charge >= 0.3 is 0 Å². The third kappa shape index (κ3) is 2.24. The van der Waals surface area contributed by atoms with Gasteiger partial charge in [-0.3, -0.25) is 9.59 Å². The van der Waals surface area contributed by atoms with Gasteiger partial charge in [0.2, 0.25) is 11.8 Å². The Morgan fingerprint density at radius 2 is 2.44 bits per heavy atom. The predicted octanol–water partition coefficient (Wildman–Crippen LogP) is 0.156. The molecule has 1 atom stereocenters. The summed E-state index contributed by atoms with van der Waals surface area (Å²) in [5, 5.41) is 0. The van der Waals surface area contributed by atoms with Gasteiger partial charge in [-0.05, 0) is 18.1 Å². The Bertz CT molecular complexity index is 386. The van der Waals surface area contributed by atoms with Crippen LogP contribution < -0.4 is 5.73 Å². The Labute approximate surface area is 93.2 Å². The van der Waals surface area contributed by atoms with Crippen molar-refractivity contribution in [1.29, 1.82) is 0 Å². The lowest BCUT2D eigenvalue weighted by Crippen LogP contribution is -2.30. The van der Waals surface area contributed by atoms with E-state index in [9.17, 15) is 9.59 Å². The van der Waals surface area contributed by atoms with E-state index < -0.39 is 0 Å². The highest BCUT2D eigenvalue weighted by Gasteiger charge is 2.32. The number of nitrogens with two attached hydrogens (primary N) is 1. The summed E-state index contributed by atoms with van der Waals surface area (Å²) in [5.41, 5.74) is 6.23. The van der Waals surface area contributed by atoms with Gasteiger partial charge in [-0.2, -0.15) is 0 Å². The highest BCUT2D eigenvalue weighted by Crippen LogP contribution is 2.17. The predicted molar refractivity (Wildman–Crippen MR) is 56.3 cm³/mol. The molecular formula is C11H14N2O3. The van der Waals surface area contributed by atoms with Gasteiger partial charge in [-0.25, -0.2) is 0 Å². The minimum atomic E-state index is -0.390. The normalized spacial score (nSPS) is 20.4. The van der Waals surface area contributed by atoms with E-state index in [2.05, 4.69) is 0 Å². The summed E-state index contributed by atoms with van der Waals surface area (Å²) in [6.07, 6.45) is 4.26. The Morgan fingerprint density at radius 3 is 3.00 bits per heavy atom. The van der Waals surface area contributed by atoms with Crippen LogP contribution in [0.1, 0.15) is 12.0 Å². The molecule has 0 bridgehead atoms. The fourth-order valence-corrected chi connectivity index (χ4v) is 1.88. The van der Waals surface area contributed by atoms with Gasteiger partial charge in [0.25, 0.3) is 0 Å². The Hall–Kier alpha value is -1.78. The molecule has 1 aromatic heterocycles. The molecule has 2 amide bonds. The summed E-state index contributed by atoms with van der Waals surface area (Å²) >= 11 is 0. The van der Waals surface area contributed by atoms with Crippen LogP contribution in [0.4, 0.5) is 0 Å². The van der Waals surface area contributed by atoms with Crippen molar-refractivity contribution in [3.63, 3.8) is 0 Å². The average molecular weight is 222 g/mol. The van der Waals surface area contributed by atoms with Crippen LogP contribution in [0, 0.1) is 5.92 Å². The number of nitrogens with zero attached hydrogens (tertiary/aromatic N) is 1. The molecule has 1 fully saturated rings. The SMILES string of the molecule is NC(=O)C1CC(=O)N(CCc2ccoc2)C1. The molecule has 2 rings (SSSR count). The van der Waals surface area contributed by atoms with Crippen molar-refractivity contribution in [2.75, 3.05) is 13.1 Å². The number of likely N-dealkylation sites (tertiary alicyclic amines) is 1. The minimum Gasteiger partial charge on any atom is -0.472 e. The van der Waals surface area contributed by atoms with E-state index >= 15 is 0 Å². The molecule has 86 valence electrons. The van der Waals surface area contributed by atoms with E-state index in [1.54, 1.807) is 17.4 Å².